The van der Waals surface area contributed by atoms with Gasteiger partial charge in [-0.3, -0.25) is 0 Å². The fourth-order valence-corrected chi connectivity index (χ4v) is 9.33. The Morgan fingerprint density at radius 2 is 0.677 bits per heavy atom. The van der Waals surface area contributed by atoms with Crippen molar-refractivity contribution in [1.82, 2.24) is 0 Å². The second-order valence-corrected chi connectivity index (χ2v) is 15.8. The fourth-order valence-electron chi connectivity index (χ4n) is 9.33. The van der Waals surface area contributed by atoms with Crippen LogP contribution in [0.25, 0.3) is 109 Å². The SMILES string of the molecule is FC(F)(F)c1ccc(-c2ccc3c(-c4cc5ccccc5c5ccccc45)c4cc(-c5ccc(C(F)(F)F)cc5)cc(-c5cc6ccccc6c6ccccc56)c4cc3c2)cc1. The molecule has 0 N–H and O–H groups in total. The molecule has 11 rings (SSSR count). The Balaban J connectivity index is 1.30. The Morgan fingerprint density at radius 1 is 0.242 bits per heavy atom. The molecule has 0 amide bonds. The Bertz CT molecular complexity index is 3580. The first-order valence-corrected chi connectivity index (χ1v) is 20.2. The summed E-state index contributed by atoms with van der Waals surface area (Å²) in [6.07, 6.45) is -8.94. The first-order valence-electron chi connectivity index (χ1n) is 20.2. The Kier molecular flexibility index (Phi) is 8.52. The minimum Gasteiger partial charge on any atom is -0.166 e. The third-order valence-electron chi connectivity index (χ3n) is 12.3. The summed E-state index contributed by atoms with van der Waals surface area (Å²) in [6.45, 7) is 0. The Hall–Kier alpha value is -7.44. The summed E-state index contributed by atoms with van der Waals surface area (Å²) >= 11 is 0. The van der Waals surface area contributed by atoms with Crippen LogP contribution in [0.1, 0.15) is 11.1 Å². The van der Waals surface area contributed by atoms with Crippen LogP contribution in [0.15, 0.2) is 194 Å². The maximum Gasteiger partial charge on any atom is 0.416 e. The molecule has 0 saturated carbocycles. The lowest BCUT2D eigenvalue weighted by Crippen LogP contribution is -2.04. The Morgan fingerprint density at radius 3 is 1.23 bits per heavy atom. The van der Waals surface area contributed by atoms with Crippen LogP contribution in [0.5, 0.6) is 0 Å². The summed E-state index contributed by atoms with van der Waals surface area (Å²) in [6, 6.07) is 60.4. The quantitative estimate of drug-likeness (QED) is 0.0943. The van der Waals surface area contributed by atoms with E-state index in [9.17, 15) is 26.3 Å². The largest absolute Gasteiger partial charge is 0.416 e. The van der Waals surface area contributed by atoms with E-state index in [1.165, 1.54) is 24.3 Å². The van der Waals surface area contributed by atoms with Gasteiger partial charge in [0.05, 0.1) is 11.1 Å². The summed E-state index contributed by atoms with van der Waals surface area (Å²) in [5.74, 6) is 0. The lowest BCUT2D eigenvalue weighted by atomic mass is 9.82. The molecule has 0 heterocycles. The van der Waals surface area contributed by atoms with Gasteiger partial charge in [0.15, 0.2) is 0 Å². The van der Waals surface area contributed by atoms with E-state index in [4.69, 9.17) is 0 Å². The van der Waals surface area contributed by atoms with Gasteiger partial charge in [-0.1, -0.05) is 133 Å². The molecule has 0 fully saturated rings. The van der Waals surface area contributed by atoms with E-state index < -0.39 is 23.5 Å². The second kappa shape index (κ2) is 14.1. The van der Waals surface area contributed by atoms with E-state index in [-0.39, 0.29) is 0 Å². The summed E-state index contributed by atoms with van der Waals surface area (Å²) in [5.41, 5.74) is 5.15. The van der Waals surface area contributed by atoms with E-state index in [1.807, 2.05) is 66.7 Å². The van der Waals surface area contributed by atoms with Gasteiger partial charge in [0.25, 0.3) is 0 Å². The van der Waals surface area contributed by atoms with Crippen LogP contribution in [0.3, 0.4) is 0 Å². The van der Waals surface area contributed by atoms with Crippen LogP contribution in [-0.4, -0.2) is 0 Å². The average Bonchev–Trinajstić information content (AvgIpc) is 3.29. The van der Waals surface area contributed by atoms with Gasteiger partial charge in [-0.2, -0.15) is 26.3 Å². The molecule has 0 radical (unpaired) electrons. The molecule has 6 heteroatoms. The van der Waals surface area contributed by atoms with Crippen LogP contribution in [0, 0.1) is 0 Å². The number of halogens is 6. The number of alkyl halides is 6. The molecular formula is C56H32F6. The van der Waals surface area contributed by atoms with Crippen molar-refractivity contribution in [2.75, 3.05) is 0 Å². The summed E-state index contributed by atoms with van der Waals surface area (Å²) < 4.78 is 82.5. The molecule has 0 aliphatic rings. The molecule has 0 unspecified atom stereocenters. The fraction of sp³-hybridized carbons (Fsp3) is 0.0357. The van der Waals surface area contributed by atoms with E-state index in [1.54, 1.807) is 0 Å². The molecule has 0 aliphatic heterocycles. The zero-order valence-electron chi connectivity index (χ0n) is 32.7. The molecule has 0 bridgehead atoms. The van der Waals surface area contributed by atoms with Gasteiger partial charge in [-0.05, 0) is 170 Å². The molecule has 0 spiro atoms. The average molecular weight is 819 g/mol. The Labute approximate surface area is 351 Å². The van der Waals surface area contributed by atoms with Gasteiger partial charge < -0.3 is 0 Å². The van der Waals surface area contributed by atoms with Crippen molar-refractivity contribution >= 4 is 64.6 Å². The lowest BCUT2D eigenvalue weighted by Gasteiger charge is -2.21. The van der Waals surface area contributed by atoms with Crippen LogP contribution < -0.4 is 0 Å². The predicted octanol–water partition coefficient (Wildman–Crippen LogP) is 17.3. The van der Waals surface area contributed by atoms with Gasteiger partial charge in [0, 0.05) is 0 Å². The highest BCUT2D eigenvalue weighted by Crippen LogP contribution is 2.48. The molecule has 62 heavy (non-hydrogen) atoms. The van der Waals surface area contributed by atoms with Crippen molar-refractivity contribution in [3.63, 3.8) is 0 Å². The first kappa shape index (κ1) is 37.6. The first-order chi connectivity index (χ1) is 30.0. The van der Waals surface area contributed by atoms with Crippen molar-refractivity contribution in [3.8, 4) is 44.5 Å². The second-order valence-electron chi connectivity index (χ2n) is 15.8. The van der Waals surface area contributed by atoms with E-state index in [0.717, 1.165) is 122 Å². The van der Waals surface area contributed by atoms with Gasteiger partial charge in [-0.15, -0.1) is 0 Å². The highest BCUT2D eigenvalue weighted by molar-refractivity contribution is 6.25. The van der Waals surface area contributed by atoms with Crippen molar-refractivity contribution in [2.24, 2.45) is 0 Å². The van der Waals surface area contributed by atoms with E-state index >= 15 is 0 Å². The van der Waals surface area contributed by atoms with Gasteiger partial charge in [0.2, 0.25) is 0 Å². The molecule has 11 aromatic rings. The van der Waals surface area contributed by atoms with E-state index in [0.29, 0.717) is 11.1 Å². The highest BCUT2D eigenvalue weighted by atomic mass is 19.4. The van der Waals surface area contributed by atoms with Crippen molar-refractivity contribution in [3.05, 3.63) is 205 Å². The van der Waals surface area contributed by atoms with Crippen molar-refractivity contribution < 1.29 is 26.3 Å². The normalized spacial score (nSPS) is 12.4. The van der Waals surface area contributed by atoms with Gasteiger partial charge >= 0.3 is 12.4 Å². The molecule has 0 saturated heterocycles. The summed E-state index contributed by atoms with van der Waals surface area (Å²) in [5, 5.41) is 12.1. The molecule has 0 aliphatic carbocycles. The molecule has 11 aromatic carbocycles. The number of hydrogen-bond donors (Lipinski definition) is 0. The standard InChI is InChI=1S/C56H32F6/c57-55(58,59)40-22-17-33(18-23-40)35-21-26-44-39(27-35)32-51-50(49-28-36-9-1-3-11-42(36)45-13-5-7-15-47(45)49)30-38(34-19-24-41(25-20-34)56(60,61)62)31-53(51)54(44)52-29-37-10-2-4-12-43(37)46-14-6-8-16-48(46)52/h1-32H. The zero-order chi connectivity index (χ0) is 42.3. The topological polar surface area (TPSA) is 0 Å². The maximum atomic E-state index is 13.9. The zero-order valence-corrected chi connectivity index (χ0v) is 32.7. The third-order valence-corrected chi connectivity index (χ3v) is 12.3. The number of rotatable bonds is 4. The smallest absolute Gasteiger partial charge is 0.166 e. The van der Waals surface area contributed by atoms with Crippen LogP contribution in [0.4, 0.5) is 26.3 Å². The maximum absolute atomic E-state index is 13.9. The summed E-state index contributed by atoms with van der Waals surface area (Å²) in [4.78, 5) is 0. The minimum absolute atomic E-state index is 0.637. The van der Waals surface area contributed by atoms with Gasteiger partial charge in [0.1, 0.15) is 0 Å². The van der Waals surface area contributed by atoms with E-state index in [2.05, 4.69) is 78.9 Å². The van der Waals surface area contributed by atoms with Crippen LogP contribution >= 0.6 is 0 Å². The molecule has 298 valence electrons. The number of benzene rings is 11. The number of fused-ring (bicyclic) bond motifs is 8. The summed E-state index contributed by atoms with van der Waals surface area (Å²) in [7, 11) is 0. The lowest BCUT2D eigenvalue weighted by molar-refractivity contribution is -0.138. The predicted molar refractivity (Wildman–Crippen MR) is 243 cm³/mol. The number of hydrogen-bond acceptors (Lipinski definition) is 0. The van der Waals surface area contributed by atoms with Gasteiger partial charge in [-0.25, -0.2) is 0 Å². The highest BCUT2D eigenvalue weighted by Gasteiger charge is 2.31. The molecule has 0 nitrogen and oxygen atoms in total. The van der Waals surface area contributed by atoms with Crippen molar-refractivity contribution in [1.29, 1.82) is 0 Å². The molecule has 0 atom stereocenters. The van der Waals surface area contributed by atoms with Crippen LogP contribution in [0.2, 0.25) is 0 Å². The molecular weight excluding hydrogens is 787 g/mol. The van der Waals surface area contributed by atoms with Crippen LogP contribution in [-0.2, 0) is 12.4 Å². The monoisotopic (exact) mass is 818 g/mol. The molecule has 0 aromatic heterocycles. The van der Waals surface area contributed by atoms with Crippen molar-refractivity contribution in [2.45, 2.75) is 12.4 Å². The minimum atomic E-state index is -4.49. The third kappa shape index (κ3) is 6.25.